The number of hydrogen-bond donors (Lipinski definition) is 3. The van der Waals surface area contributed by atoms with Gasteiger partial charge in [-0.2, -0.15) is 5.10 Å². The minimum atomic E-state index is -3.55. The van der Waals surface area contributed by atoms with Crippen LogP contribution in [0, 0.1) is 0 Å². The van der Waals surface area contributed by atoms with Gasteiger partial charge < -0.3 is 5.32 Å². The van der Waals surface area contributed by atoms with Gasteiger partial charge in [0.25, 0.3) is 10.0 Å². The maximum atomic E-state index is 12.2. The van der Waals surface area contributed by atoms with Crippen LogP contribution in [0.5, 0.6) is 0 Å². The van der Waals surface area contributed by atoms with Crippen molar-refractivity contribution in [1.29, 1.82) is 0 Å². The molecule has 104 valence electrons. The highest BCUT2D eigenvalue weighted by molar-refractivity contribution is 7.89. The highest BCUT2D eigenvalue weighted by Crippen LogP contribution is 2.14. The van der Waals surface area contributed by atoms with E-state index in [1.54, 1.807) is 27.0 Å². The molecular formula is C11H22N4O2S. The fourth-order valence-corrected chi connectivity index (χ4v) is 3.06. The topological polar surface area (TPSA) is 86.9 Å². The van der Waals surface area contributed by atoms with Crippen molar-refractivity contribution in [3.05, 3.63) is 11.8 Å². The van der Waals surface area contributed by atoms with E-state index in [0.717, 1.165) is 13.0 Å². The van der Waals surface area contributed by atoms with Crippen LogP contribution >= 0.6 is 0 Å². The van der Waals surface area contributed by atoms with Crippen molar-refractivity contribution in [1.82, 2.24) is 20.2 Å². The Morgan fingerprint density at radius 2 is 2.06 bits per heavy atom. The van der Waals surface area contributed by atoms with Crippen LogP contribution in [0.2, 0.25) is 0 Å². The Kier molecular flexibility index (Phi) is 4.89. The molecule has 0 amide bonds. The zero-order valence-electron chi connectivity index (χ0n) is 11.4. The largest absolute Gasteiger partial charge is 0.313 e. The van der Waals surface area contributed by atoms with Crippen LogP contribution in [0.4, 0.5) is 0 Å². The molecule has 7 heteroatoms. The highest BCUT2D eigenvalue weighted by Gasteiger charge is 2.25. The average molecular weight is 274 g/mol. The first-order chi connectivity index (χ1) is 8.26. The van der Waals surface area contributed by atoms with E-state index in [4.69, 9.17) is 0 Å². The lowest BCUT2D eigenvalue weighted by molar-refractivity contribution is 0.488. The Morgan fingerprint density at radius 1 is 1.39 bits per heavy atom. The third-order valence-corrected chi connectivity index (χ3v) is 3.90. The van der Waals surface area contributed by atoms with Crippen molar-refractivity contribution in [2.24, 2.45) is 0 Å². The van der Waals surface area contributed by atoms with Crippen molar-refractivity contribution < 1.29 is 8.42 Å². The molecule has 0 aliphatic carbocycles. The van der Waals surface area contributed by atoms with Crippen LogP contribution in [0.1, 0.15) is 39.7 Å². The summed E-state index contributed by atoms with van der Waals surface area (Å²) in [4.78, 5) is 0. The molecule has 0 bridgehead atoms. The average Bonchev–Trinajstić information content (AvgIpc) is 2.63. The summed E-state index contributed by atoms with van der Waals surface area (Å²) in [6, 6.07) is 0. The van der Waals surface area contributed by atoms with Gasteiger partial charge in [-0.3, -0.25) is 5.10 Å². The first kappa shape index (κ1) is 15.1. The first-order valence-corrected chi connectivity index (χ1v) is 7.51. The highest BCUT2D eigenvalue weighted by atomic mass is 32.2. The fourth-order valence-electron chi connectivity index (χ4n) is 1.51. The van der Waals surface area contributed by atoms with E-state index in [0.29, 0.717) is 12.1 Å². The SMILES string of the molecule is CCCNCc1cn[nH]c1S(=O)(=O)NC(C)(C)C. The number of nitrogens with zero attached hydrogens (tertiary/aromatic N) is 1. The van der Waals surface area contributed by atoms with Crippen molar-refractivity contribution in [2.75, 3.05) is 6.54 Å². The molecule has 0 atom stereocenters. The molecule has 1 rings (SSSR count). The van der Waals surface area contributed by atoms with Crippen LogP contribution in [0.15, 0.2) is 11.2 Å². The molecule has 0 radical (unpaired) electrons. The molecule has 1 heterocycles. The zero-order valence-corrected chi connectivity index (χ0v) is 12.2. The number of nitrogens with one attached hydrogen (secondary N) is 3. The van der Waals surface area contributed by atoms with Crippen molar-refractivity contribution in [3.63, 3.8) is 0 Å². The van der Waals surface area contributed by atoms with Gasteiger partial charge >= 0.3 is 0 Å². The van der Waals surface area contributed by atoms with Crippen molar-refractivity contribution in [3.8, 4) is 0 Å². The molecule has 0 spiro atoms. The molecule has 0 aliphatic heterocycles. The molecule has 0 saturated carbocycles. The van der Waals surface area contributed by atoms with Crippen LogP contribution in [-0.2, 0) is 16.6 Å². The van der Waals surface area contributed by atoms with Gasteiger partial charge in [0.1, 0.15) is 0 Å². The molecular weight excluding hydrogens is 252 g/mol. The fraction of sp³-hybridized carbons (Fsp3) is 0.727. The summed E-state index contributed by atoms with van der Waals surface area (Å²) in [6.07, 6.45) is 2.54. The smallest absolute Gasteiger partial charge is 0.258 e. The van der Waals surface area contributed by atoms with Crippen LogP contribution in [0.25, 0.3) is 0 Å². The second kappa shape index (κ2) is 5.81. The lowest BCUT2D eigenvalue weighted by atomic mass is 10.1. The first-order valence-electron chi connectivity index (χ1n) is 6.03. The van der Waals surface area contributed by atoms with Gasteiger partial charge in [-0.05, 0) is 33.7 Å². The Hall–Kier alpha value is -0.920. The minimum Gasteiger partial charge on any atom is -0.313 e. The van der Waals surface area contributed by atoms with E-state index in [1.807, 2.05) is 0 Å². The lowest BCUT2D eigenvalue weighted by Gasteiger charge is -2.20. The molecule has 18 heavy (non-hydrogen) atoms. The third-order valence-electron chi connectivity index (χ3n) is 2.13. The van der Waals surface area contributed by atoms with E-state index in [9.17, 15) is 8.42 Å². The minimum absolute atomic E-state index is 0.140. The summed E-state index contributed by atoms with van der Waals surface area (Å²) in [6.45, 7) is 8.80. The molecule has 0 saturated heterocycles. The number of aromatic amines is 1. The van der Waals surface area contributed by atoms with Crippen LogP contribution in [0.3, 0.4) is 0 Å². The standard InChI is InChI=1S/C11H22N4O2S/c1-5-6-12-7-9-8-13-14-10(9)18(16,17)15-11(2,3)4/h8,12,15H,5-7H2,1-4H3,(H,13,14). The van der Waals surface area contributed by atoms with Gasteiger partial charge in [0.15, 0.2) is 5.03 Å². The molecule has 0 aromatic carbocycles. The van der Waals surface area contributed by atoms with Crippen LogP contribution < -0.4 is 10.0 Å². The zero-order chi connectivity index (χ0) is 13.8. The van der Waals surface area contributed by atoms with Gasteiger partial charge in [0.05, 0.1) is 6.20 Å². The molecule has 0 unspecified atom stereocenters. The maximum Gasteiger partial charge on any atom is 0.258 e. The Bertz CT molecular complexity index is 473. The quantitative estimate of drug-likeness (QED) is 0.675. The molecule has 1 aromatic rings. The molecule has 3 N–H and O–H groups in total. The Morgan fingerprint density at radius 3 is 2.61 bits per heavy atom. The summed E-state index contributed by atoms with van der Waals surface area (Å²) in [5.41, 5.74) is 0.137. The maximum absolute atomic E-state index is 12.2. The summed E-state index contributed by atoms with van der Waals surface area (Å²) < 4.78 is 26.9. The number of sulfonamides is 1. The number of H-pyrrole nitrogens is 1. The summed E-state index contributed by atoms with van der Waals surface area (Å²) in [5.74, 6) is 0. The van der Waals surface area contributed by atoms with Crippen molar-refractivity contribution >= 4 is 10.0 Å². The monoisotopic (exact) mass is 274 g/mol. The predicted molar refractivity (Wildman–Crippen MR) is 70.7 cm³/mol. The van der Waals surface area contributed by atoms with Crippen molar-refractivity contribution in [2.45, 2.75) is 51.2 Å². The van der Waals surface area contributed by atoms with E-state index in [1.165, 1.54) is 0 Å². The second-order valence-electron chi connectivity index (χ2n) is 5.26. The summed E-state index contributed by atoms with van der Waals surface area (Å²) in [5, 5.41) is 9.67. The van der Waals surface area contributed by atoms with Gasteiger partial charge in [-0.25, -0.2) is 13.1 Å². The van der Waals surface area contributed by atoms with Crippen LogP contribution in [-0.4, -0.2) is 30.7 Å². The van der Waals surface area contributed by atoms with Gasteiger partial charge in [-0.1, -0.05) is 6.92 Å². The van der Waals surface area contributed by atoms with E-state index < -0.39 is 15.6 Å². The summed E-state index contributed by atoms with van der Waals surface area (Å²) in [7, 11) is -3.55. The number of aromatic nitrogens is 2. The molecule has 0 aliphatic rings. The van der Waals surface area contributed by atoms with E-state index in [-0.39, 0.29) is 5.03 Å². The third kappa shape index (κ3) is 4.40. The molecule has 0 fully saturated rings. The second-order valence-corrected chi connectivity index (χ2v) is 6.88. The van der Waals surface area contributed by atoms with Gasteiger partial charge in [0, 0.05) is 17.6 Å². The van der Waals surface area contributed by atoms with Gasteiger partial charge in [0.2, 0.25) is 0 Å². The molecule has 6 nitrogen and oxygen atoms in total. The Labute approximate surface area is 109 Å². The Balaban J connectivity index is 2.86. The number of rotatable bonds is 6. The van der Waals surface area contributed by atoms with E-state index >= 15 is 0 Å². The van der Waals surface area contributed by atoms with Gasteiger partial charge in [-0.15, -0.1) is 0 Å². The molecule has 1 aromatic heterocycles. The lowest BCUT2D eigenvalue weighted by Crippen LogP contribution is -2.41. The van der Waals surface area contributed by atoms with E-state index in [2.05, 4.69) is 27.2 Å². The normalized spacial score (nSPS) is 12.9. The number of hydrogen-bond acceptors (Lipinski definition) is 4. The summed E-state index contributed by atoms with van der Waals surface area (Å²) >= 11 is 0. The predicted octanol–water partition coefficient (Wildman–Crippen LogP) is 0.986.